The Hall–Kier alpha value is -2.90. The minimum Gasteiger partial charge on any atom is -0.490 e. The summed E-state index contributed by atoms with van der Waals surface area (Å²) in [5, 5.41) is 6.53. The fraction of sp³-hybridized carbons (Fsp3) is 0.400. The van der Waals surface area contributed by atoms with E-state index in [4.69, 9.17) is 4.74 Å². The first kappa shape index (κ1) is 19.9. The Kier molecular flexibility index (Phi) is 7.00. The van der Waals surface area contributed by atoms with E-state index >= 15 is 0 Å². The third kappa shape index (κ3) is 5.31. The largest absolute Gasteiger partial charge is 0.490 e. The van der Waals surface area contributed by atoms with E-state index in [1.54, 1.807) is 17.3 Å². The van der Waals surface area contributed by atoms with Crippen LogP contribution in [0.15, 0.2) is 47.7 Å². The third-order valence-corrected chi connectivity index (χ3v) is 4.39. The van der Waals surface area contributed by atoms with Crippen molar-refractivity contribution in [1.82, 2.24) is 15.6 Å². The lowest BCUT2D eigenvalue weighted by atomic mass is 10.2. The number of nitrogens with zero attached hydrogens (tertiary/aromatic N) is 3. The molecule has 150 valence electrons. The van der Waals surface area contributed by atoms with Crippen LogP contribution in [0.3, 0.4) is 0 Å². The summed E-state index contributed by atoms with van der Waals surface area (Å²) in [5.74, 6) is 0.301. The summed E-state index contributed by atoms with van der Waals surface area (Å²) in [6.07, 6.45) is 4.11. The van der Waals surface area contributed by atoms with Crippen LogP contribution in [0.2, 0.25) is 0 Å². The molecule has 0 bridgehead atoms. The number of nitrogens with one attached hydrogen (secondary N) is 2. The van der Waals surface area contributed by atoms with Gasteiger partial charge in [0.2, 0.25) is 0 Å². The maximum Gasteiger partial charge on any atom is 0.191 e. The second-order valence-corrected chi connectivity index (χ2v) is 6.44. The molecule has 0 amide bonds. The number of aliphatic imine (C=N–C) groups is 1. The summed E-state index contributed by atoms with van der Waals surface area (Å²) >= 11 is 0. The fourth-order valence-corrected chi connectivity index (χ4v) is 3.14. The predicted molar refractivity (Wildman–Crippen MR) is 106 cm³/mol. The van der Waals surface area contributed by atoms with E-state index in [9.17, 15) is 8.78 Å². The summed E-state index contributed by atoms with van der Waals surface area (Å²) in [7, 11) is 0. The van der Waals surface area contributed by atoms with Gasteiger partial charge in [-0.1, -0.05) is 6.07 Å². The molecule has 1 fully saturated rings. The van der Waals surface area contributed by atoms with Crippen molar-refractivity contribution in [3.8, 4) is 5.75 Å². The number of anilines is 1. The summed E-state index contributed by atoms with van der Waals surface area (Å²) in [6.45, 7) is 4.70. The van der Waals surface area contributed by atoms with Crippen molar-refractivity contribution in [3.63, 3.8) is 0 Å². The molecule has 0 spiro atoms. The Labute approximate surface area is 163 Å². The first-order valence-electron chi connectivity index (χ1n) is 9.44. The molecule has 1 aliphatic rings. The summed E-state index contributed by atoms with van der Waals surface area (Å²) in [6, 6.07) is 7.66. The van der Waals surface area contributed by atoms with Gasteiger partial charge >= 0.3 is 0 Å². The van der Waals surface area contributed by atoms with Gasteiger partial charge in [-0.05, 0) is 37.6 Å². The molecule has 1 atom stereocenters. The van der Waals surface area contributed by atoms with Gasteiger partial charge in [-0.2, -0.15) is 0 Å². The second-order valence-electron chi connectivity index (χ2n) is 6.44. The average Bonchev–Trinajstić information content (AvgIpc) is 3.14. The van der Waals surface area contributed by atoms with E-state index in [1.807, 2.05) is 19.1 Å². The Morgan fingerprint density at radius 1 is 1.29 bits per heavy atom. The standard InChI is InChI=1S/C20H25F2N5O/c1-2-24-20(25-10-12-28-16-5-4-9-23-13-16)26-15-8-11-27(14-15)19-17(21)6-3-7-18(19)22/h3-7,9,13,15H,2,8,10-12,14H2,1H3,(H2,24,25,26). The van der Waals surface area contributed by atoms with Crippen LogP contribution in [-0.2, 0) is 0 Å². The molecule has 0 saturated carbocycles. The number of guanidine groups is 1. The van der Waals surface area contributed by atoms with E-state index in [0.29, 0.717) is 44.5 Å². The molecule has 3 rings (SSSR count). The number of benzene rings is 1. The average molecular weight is 389 g/mol. The van der Waals surface area contributed by atoms with Crippen molar-refractivity contribution in [2.24, 2.45) is 4.99 Å². The number of ether oxygens (including phenoxy) is 1. The molecule has 1 saturated heterocycles. The van der Waals surface area contributed by atoms with E-state index in [2.05, 4.69) is 20.6 Å². The second kappa shape index (κ2) is 9.87. The lowest BCUT2D eigenvalue weighted by Gasteiger charge is -2.21. The highest BCUT2D eigenvalue weighted by molar-refractivity contribution is 5.80. The normalized spacial score (nSPS) is 16.9. The first-order chi connectivity index (χ1) is 13.7. The third-order valence-electron chi connectivity index (χ3n) is 4.39. The molecule has 0 radical (unpaired) electrons. The number of rotatable bonds is 7. The van der Waals surface area contributed by atoms with Crippen molar-refractivity contribution < 1.29 is 13.5 Å². The van der Waals surface area contributed by atoms with E-state index in [-0.39, 0.29) is 11.7 Å². The van der Waals surface area contributed by atoms with Gasteiger partial charge in [0.15, 0.2) is 5.96 Å². The highest BCUT2D eigenvalue weighted by Gasteiger charge is 2.27. The zero-order valence-electron chi connectivity index (χ0n) is 15.9. The van der Waals surface area contributed by atoms with Crippen molar-refractivity contribution in [2.75, 3.05) is 37.7 Å². The molecule has 28 heavy (non-hydrogen) atoms. The van der Waals surface area contributed by atoms with E-state index in [1.165, 1.54) is 18.2 Å². The van der Waals surface area contributed by atoms with Crippen LogP contribution in [0.5, 0.6) is 5.75 Å². The highest BCUT2D eigenvalue weighted by Crippen LogP contribution is 2.26. The van der Waals surface area contributed by atoms with Gasteiger partial charge in [0.25, 0.3) is 0 Å². The number of para-hydroxylation sites is 1. The van der Waals surface area contributed by atoms with E-state index in [0.717, 1.165) is 6.42 Å². The van der Waals surface area contributed by atoms with Gasteiger partial charge in [0.1, 0.15) is 29.7 Å². The number of hydrogen-bond acceptors (Lipinski definition) is 4. The van der Waals surface area contributed by atoms with Gasteiger partial charge in [0.05, 0.1) is 12.7 Å². The van der Waals surface area contributed by atoms with Crippen LogP contribution in [-0.4, -0.2) is 49.8 Å². The van der Waals surface area contributed by atoms with Gasteiger partial charge in [0, 0.05) is 31.9 Å². The summed E-state index contributed by atoms with van der Waals surface area (Å²) in [4.78, 5) is 10.2. The van der Waals surface area contributed by atoms with Crippen LogP contribution >= 0.6 is 0 Å². The molecule has 1 aliphatic heterocycles. The van der Waals surface area contributed by atoms with Crippen molar-refractivity contribution in [1.29, 1.82) is 0 Å². The Morgan fingerprint density at radius 2 is 2.11 bits per heavy atom. The van der Waals surface area contributed by atoms with Crippen molar-refractivity contribution >= 4 is 11.6 Å². The first-order valence-corrected chi connectivity index (χ1v) is 9.44. The molecule has 2 N–H and O–H groups in total. The summed E-state index contributed by atoms with van der Waals surface area (Å²) < 4.78 is 33.6. The maximum absolute atomic E-state index is 14.0. The summed E-state index contributed by atoms with van der Waals surface area (Å²) in [5.41, 5.74) is 0.0404. The smallest absolute Gasteiger partial charge is 0.191 e. The Bertz CT molecular complexity index is 767. The Balaban J connectivity index is 1.52. The Morgan fingerprint density at radius 3 is 2.82 bits per heavy atom. The monoisotopic (exact) mass is 389 g/mol. The molecule has 8 heteroatoms. The predicted octanol–water partition coefficient (Wildman–Crippen LogP) is 2.57. The van der Waals surface area contributed by atoms with Crippen molar-refractivity contribution in [2.45, 2.75) is 19.4 Å². The molecule has 6 nitrogen and oxygen atoms in total. The SMILES string of the molecule is CCNC(=NCCOc1cccnc1)NC1CCN(c2c(F)cccc2F)C1. The zero-order valence-corrected chi connectivity index (χ0v) is 15.9. The number of hydrogen-bond donors (Lipinski definition) is 2. The molecule has 0 aliphatic carbocycles. The topological polar surface area (TPSA) is 61.8 Å². The fourth-order valence-electron chi connectivity index (χ4n) is 3.14. The van der Waals surface area contributed by atoms with Gasteiger partial charge < -0.3 is 20.3 Å². The number of aromatic nitrogens is 1. The molecule has 1 unspecified atom stereocenters. The van der Waals surface area contributed by atoms with Gasteiger partial charge in [-0.3, -0.25) is 4.98 Å². The van der Waals surface area contributed by atoms with Gasteiger partial charge in [-0.15, -0.1) is 0 Å². The van der Waals surface area contributed by atoms with Crippen LogP contribution in [0.25, 0.3) is 0 Å². The molecular formula is C20H25F2N5O. The lowest BCUT2D eigenvalue weighted by Crippen LogP contribution is -2.45. The minimum atomic E-state index is -0.534. The zero-order chi connectivity index (χ0) is 19.8. The molecule has 1 aromatic carbocycles. The van der Waals surface area contributed by atoms with E-state index < -0.39 is 11.6 Å². The number of pyridine rings is 1. The number of halogens is 2. The van der Waals surface area contributed by atoms with Crippen LogP contribution in [0, 0.1) is 11.6 Å². The van der Waals surface area contributed by atoms with Gasteiger partial charge in [-0.25, -0.2) is 13.8 Å². The quantitative estimate of drug-likeness (QED) is 0.433. The molecule has 1 aromatic heterocycles. The maximum atomic E-state index is 14.0. The van der Waals surface area contributed by atoms with Crippen LogP contribution in [0.4, 0.5) is 14.5 Å². The molecule has 2 aromatic rings. The van der Waals surface area contributed by atoms with Crippen LogP contribution < -0.4 is 20.3 Å². The lowest BCUT2D eigenvalue weighted by molar-refractivity contribution is 0.327. The molecule has 2 heterocycles. The molecular weight excluding hydrogens is 364 g/mol. The minimum absolute atomic E-state index is 0.0404. The van der Waals surface area contributed by atoms with Crippen molar-refractivity contribution in [3.05, 3.63) is 54.4 Å². The van der Waals surface area contributed by atoms with Crippen LogP contribution in [0.1, 0.15) is 13.3 Å². The highest BCUT2D eigenvalue weighted by atomic mass is 19.1.